The molecular formula is C25H18F3N5O2. The summed E-state index contributed by atoms with van der Waals surface area (Å²) in [6.45, 7) is 0.414. The third-order valence-electron chi connectivity index (χ3n) is 5.17. The predicted molar refractivity (Wildman–Crippen MR) is 122 cm³/mol. The van der Waals surface area contributed by atoms with Gasteiger partial charge in [-0.2, -0.15) is 18.2 Å². The minimum Gasteiger partial charge on any atom is -0.497 e. The van der Waals surface area contributed by atoms with Crippen LogP contribution < -0.4 is 9.47 Å². The van der Waals surface area contributed by atoms with E-state index in [2.05, 4.69) is 19.9 Å². The zero-order valence-electron chi connectivity index (χ0n) is 18.4. The van der Waals surface area contributed by atoms with E-state index in [1.54, 1.807) is 42.3 Å². The van der Waals surface area contributed by atoms with Crippen LogP contribution in [0, 0.1) is 0 Å². The summed E-state index contributed by atoms with van der Waals surface area (Å²) < 4.78 is 52.7. The topological polar surface area (TPSA) is 75.0 Å². The molecule has 7 nitrogen and oxygen atoms in total. The van der Waals surface area contributed by atoms with Gasteiger partial charge in [0.15, 0.2) is 17.0 Å². The van der Waals surface area contributed by atoms with Crippen molar-refractivity contribution in [3.63, 3.8) is 0 Å². The van der Waals surface area contributed by atoms with Gasteiger partial charge in [0.1, 0.15) is 22.9 Å². The molecule has 0 amide bonds. The maximum Gasteiger partial charge on any atom is 0.433 e. The standard InChI is InChI=1S/C25H18F3N5O2/c1-34-17-12-10-16(11-13-17)14-33-15-29-21-23(33)31-22(19-8-5-9-20(30-19)25(26,27)28)32-24(21)35-18-6-3-2-4-7-18/h2-13,15H,14H2,1H3. The first-order valence-electron chi connectivity index (χ1n) is 10.5. The van der Waals surface area contributed by atoms with Crippen molar-refractivity contribution in [1.29, 1.82) is 0 Å². The van der Waals surface area contributed by atoms with Gasteiger partial charge < -0.3 is 14.0 Å². The van der Waals surface area contributed by atoms with Gasteiger partial charge in [0.2, 0.25) is 0 Å². The van der Waals surface area contributed by atoms with Crippen molar-refractivity contribution in [3.8, 4) is 28.9 Å². The number of hydrogen-bond donors (Lipinski definition) is 0. The highest BCUT2D eigenvalue weighted by atomic mass is 19.4. The number of methoxy groups -OCH3 is 1. The lowest BCUT2D eigenvalue weighted by atomic mass is 10.2. The van der Waals surface area contributed by atoms with Crippen LogP contribution in [0.5, 0.6) is 17.4 Å². The molecular weight excluding hydrogens is 459 g/mol. The van der Waals surface area contributed by atoms with E-state index >= 15 is 0 Å². The van der Waals surface area contributed by atoms with E-state index in [0.29, 0.717) is 23.5 Å². The third-order valence-corrected chi connectivity index (χ3v) is 5.17. The molecule has 3 aromatic heterocycles. The van der Waals surface area contributed by atoms with E-state index in [0.717, 1.165) is 17.4 Å². The molecule has 0 saturated heterocycles. The Labute approximate surface area is 197 Å². The fourth-order valence-corrected chi connectivity index (χ4v) is 3.46. The lowest BCUT2D eigenvalue weighted by Gasteiger charge is -2.10. The maximum absolute atomic E-state index is 13.3. The van der Waals surface area contributed by atoms with Crippen LogP contribution in [0.25, 0.3) is 22.7 Å². The molecule has 0 radical (unpaired) electrons. The van der Waals surface area contributed by atoms with Crippen LogP contribution in [0.15, 0.2) is 79.1 Å². The van der Waals surface area contributed by atoms with Crippen molar-refractivity contribution in [2.24, 2.45) is 0 Å². The zero-order valence-corrected chi connectivity index (χ0v) is 18.4. The van der Waals surface area contributed by atoms with Gasteiger partial charge in [-0.25, -0.2) is 15.0 Å². The second-order valence-electron chi connectivity index (χ2n) is 7.57. The number of para-hydroxylation sites is 1. The van der Waals surface area contributed by atoms with Gasteiger partial charge in [-0.3, -0.25) is 0 Å². The van der Waals surface area contributed by atoms with Crippen LogP contribution in [-0.2, 0) is 12.7 Å². The summed E-state index contributed by atoms with van der Waals surface area (Å²) in [7, 11) is 1.59. The molecule has 0 N–H and O–H groups in total. The van der Waals surface area contributed by atoms with E-state index in [1.807, 2.05) is 30.3 Å². The first kappa shape index (κ1) is 22.3. The molecule has 0 fully saturated rings. The molecule has 5 rings (SSSR count). The maximum atomic E-state index is 13.3. The Morgan fingerprint density at radius 2 is 1.60 bits per heavy atom. The Morgan fingerprint density at radius 1 is 0.829 bits per heavy atom. The molecule has 35 heavy (non-hydrogen) atoms. The lowest BCUT2D eigenvalue weighted by Crippen LogP contribution is -2.09. The Morgan fingerprint density at radius 3 is 2.31 bits per heavy atom. The van der Waals surface area contributed by atoms with Crippen LogP contribution >= 0.6 is 0 Å². The smallest absolute Gasteiger partial charge is 0.433 e. The molecule has 0 bridgehead atoms. The second kappa shape index (κ2) is 9.05. The molecule has 2 aromatic carbocycles. The zero-order chi connectivity index (χ0) is 24.4. The number of nitrogens with zero attached hydrogens (tertiary/aromatic N) is 5. The number of rotatable bonds is 6. The Bertz CT molecular complexity index is 1470. The van der Waals surface area contributed by atoms with E-state index in [9.17, 15) is 13.2 Å². The molecule has 5 aromatic rings. The molecule has 3 heterocycles. The van der Waals surface area contributed by atoms with Gasteiger partial charge in [-0.05, 0) is 42.0 Å². The van der Waals surface area contributed by atoms with E-state index in [4.69, 9.17) is 9.47 Å². The van der Waals surface area contributed by atoms with Crippen LogP contribution in [0.3, 0.4) is 0 Å². The second-order valence-corrected chi connectivity index (χ2v) is 7.57. The Kier molecular flexibility index (Phi) is 5.77. The van der Waals surface area contributed by atoms with E-state index in [1.165, 1.54) is 12.1 Å². The SMILES string of the molecule is COc1ccc(Cn2cnc3c(Oc4ccccc4)nc(-c4cccc(C(F)(F)F)n4)nc32)cc1. The lowest BCUT2D eigenvalue weighted by molar-refractivity contribution is -0.141. The number of pyridine rings is 1. The summed E-state index contributed by atoms with van der Waals surface area (Å²) in [5, 5.41) is 0. The molecule has 0 aliphatic carbocycles. The minimum atomic E-state index is -4.60. The minimum absolute atomic E-state index is 0.00832. The van der Waals surface area contributed by atoms with Crippen molar-refractivity contribution in [1.82, 2.24) is 24.5 Å². The summed E-state index contributed by atoms with van der Waals surface area (Å²) in [5.74, 6) is 1.33. The Balaban J connectivity index is 1.62. The summed E-state index contributed by atoms with van der Waals surface area (Å²) in [6, 6.07) is 20.0. The number of halogens is 3. The summed E-state index contributed by atoms with van der Waals surface area (Å²) in [4.78, 5) is 17.1. The van der Waals surface area contributed by atoms with Gasteiger partial charge in [-0.1, -0.05) is 36.4 Å². The summed E-state index contributed by atoms with van der Waals surface area (Å²) in [5.41, 5.74) is 0.662. The molecule has 0 aliphatic rings. The number of fused-ring (bicyclic) bond motifs is 1. The number of hydrogen-bond acceptors (Lipinski definition) is 6. The van der Waals surface area contributed by atoms with Crippen molar-refractivity contribution in [3.05, 3.63) is 90.4 Å². The normalized spacial score (nSPS) is 11.5. The van der Waals surface area contributed by atoms with Gasteiger partial charge in [0.05, 0.1) is 20.0 Å². The average Bonchev–Trinajstić information content (AvgIpc) is 3.27. The van der Waals surface area contributed by atoms with E-state index < -0.39 is 11.9 Å². The molecule has 176 valence electrons. The molecule has 10 heteroatoms. The summed E-state index contributed by atoms with van der Waals surface area (Å²) in [6.07, 6.45) is -3.01. The quantitative estimate of drug-likeness (QED) is 0.310. The van der Waals surface area contributed by atoms with Crippen LogP contribution in [0.4, 0.5) is 13.2 Å². The van der Waals surface area contributed by atoms with Crippen molar-refractivity contribution in [2.75, 3.05) is 7.11 Å². The van der Waals surface area contributed by atoms with Gasteiger partial charge in [0, 0.05) is 0 Å². The average molecular weight is 477 g/mol. The number of imidazole rings is 1. The van der Waals surface area contributed by atoms with E-state index in [-0.39, 0.29) is 17.4 Å². The highest BCUT2D eigenvalue weighted by molar-refractivity contribution is 5.79. The van der Waals surface area contributed by atoms with Gasteiger partial charge in [-0.15, -0.1) is 0 Å². The van der Waals surface area contributed by atoms with Crippen LogP contribution in [0.2, 0.25) is 0 Å². The van der Waals surface area contributed by atoms with Crippen molar-refractivity contribution >= 4 is 11.2 Å². The van der Waals surface area contributed by atoms with Crippen molar-refractivity contribution in [2.45, 2.75) is 12.7 Å². The molecule has 0 spiro atoms. The third kappa shape index (κ3) is 4.77. The number of alkyl halides is 3. The monoisotopic (exact) mass is 477 g/mol. The van der Waals surface area contributed by atoms with Crippen LogP contribution in [0.1, 0.15) is 11.3 Å². The van der Waals surface area contributed by atoms with Crippen molar-refractivity contribution < 1.29 is 22.6 Å². The highest BCUT2D eigenvalue weighted by Crippen LogP contribution is 2.32. The number of ether oxygens (including phenoxy) is 2. The fraction of sp³-hybridized carbons (Fsp3) is 0.120. The largest absolute Gasteiger partial charge is 0.497 e. The van der Waals surface area contributed by atoms with Gasteiger partial charge in [0.25, 0.3) is 5.88 Å². The molecule has 0 unspecified atom stereocenters. The van der Waals surface area contributed by atoms with Crippen LogP contribution in [-0.4, -0.2) is 31.6 Å². The highest BCUT2D eigenvalue weighted by Gasteiger charge is 2.33. The summed E-state index contributed by atoms with van der Waals surface area (Å²) >= 11 is 0. The number of benzene rings is 2. The first-order chi connectivity index (χ1) is 16.9. The molecule has 0 aliphatic heterocycles. The Hall–Kier alpha value is -4.47. The van der Waals surface area contributed by atoms with Gasteiger partial charge >= 0.3 is 6.18 Å². The first-order valence-corrected chi connectivity index (χ1v) is 10.5. The predicted octanol–water partition coefficient (Wildman–Crippen LogP) is 5.76. The fourth-order valence-electron chi connectivity index (χ4n) is 3.46. The molecule has 0 atom stereocenters. The number of aromatic nitrogens is 5. The molecule has 0 saturated carbocycles.